The Morgan fingerprint density at radius 2 is 2.00 bits per heavy atom. The first kappa shape index (κ1) is 23.5. The number of guanidine groups is 1. The molecular weight excluding hydrogens is 501 g/mol. The van der Waals surface area contributed by atoms with Gasteiger partial charge in [-0.2, -0.15) is 0 Å². The molecule has 3 rings (SSSR count). The Hall–Kier alpha value is -1.75. The number of nitrogens with zero attached hydrogens (tertiary/aromatic N) is 3. The molecule has 9 heteroatoms. The lowest BCUT2D eigenvalue weighted by atomic mass is 10.2. The molecule has 1 aromatic carbocycles. The number of aromatic nitrogens is 1. The largest absolute Gasteiger partial charge is 0.497 e. The van der Waals surface area contributed by atoms with Crippen LogP contribution >= 0.6 is 35.3 Å². The van der Waals surface area contributed by atoms with E-state index in [1.165, 1.54) is 4.88 Å². The third kappa shape index (κ3) is 6.63. The van der Waals surface area contributed by atoms with Gasteiger partial charge in [0.15, 0.2) is 5.96 Å². The minimum absolute atomic E-state index is 0. The number of nitrogens with one attached hydrogen (secondary N) is 2. The molecule has 1 fully saturated rings. The highest BCUT2D eigenvalue weighted by Crippen LogP contribution is 2.30. The number of aryl methyl sites for hydroxylation is 1. The molecule has 1 aromatic heterocycles. The Morgan fingerprint density at radius 3 is 2.59 bits per heavy atom. The average Bonchev–Trinajstić information content (AvgIpc) is 3.34. The Labute approximate surface area is 193 Å². The lowest BCUT2D eigenvalue weighted by Gasteiger charge is -2.21. The Kier molecular flexibility index (Phi) is 9.28. The van der Waals surface area contributed by atoms with Gasteiger partial charge in [0.1, 0.15) is 16.5 Å². The van der Waals surface area contributed by atoms with Gasteiger partial charge in [-0.15, -0.1) is 35.3 Å². The van der Waals surface area contributed by atoms with E-state index >= 15 is 0 Å². The monoisotopic (exact) mass is 531 g/mol. The summed E-state index contributed by atoms with van der Waals surface area (Å²) in [5, 5.41) is 7.93. The van der Waals surface area contributed by atoms with Crippen LogP contribution in [0.15, 0.2) is 29.4 Å². The molecule has 0 radical (unpaired) electrons. The van der Waals surface area contributed by atoms with Gasteiger partial charge < -0.3 is 25.0 Å². The van der Waals surface area contributed by atoms with Gasteiger partial charge in [0.25, 0.3) is 0 Å². The van der Waals surface area contributed by atoms with Crippen LogP contribution in [0.2, 0.25) is 0 Å². The highest BCUT2D eigenvalue weighted by Gasteiger charge is 2.24. The van der Waals surface area contributed by atoms with E-state index in [0.717, 1.165) is 54.2 Å². The van der Waals surface area contributed by atoms with Crippen LogP contribution in [0.3, 0.4) is 0 Å². The molecule has 1 aliphatic rings. The van der Waals surface area contributed by atoms with Crippen molar-refractivity contribution in [2.75, 3.05) is 38.8 Å². The number of anilines is 1. The SMILES string of the molecule is CCNC(=NCc1ncc(C)s1)NC1CCN(c2cc(OC)cc(OC)c2)C1.I. The predicted molar refractivity (Wildman–Crippen MR) is 130 cm³/mol. The van der Waals surface area contributed by atoms with Crippen molar-refractivity contribution in [3.8, 4) is 11.5 Å². The maximum Gasteiger partial charge on any atom is 0.191 e. The van der Waals surface area contributed by atoms with Crippen molar-refractivity contribution in [3.05, 3.63) is 34.3 Å². The van der Waals surface area contributed by atoms with Gasteiger partial charge in [0.05, 0.1) is 20.8 Å². The standard InChI is InChI=1S/C20H29N5O2S.HI/c1-5-21-20(23-12-19-22-11-14(2)28-19)24-15-6-7-25(13-15)16-8-17(26-3)10-18(9-16)27-4;/h8-11,15H,5-7,12-13H2,1-4H3,(H2,21,23,24);1H. The minimum atomic E-state index is 0. The molecule has 2 heterocycles. The topological polar surface area (TPSA) is 71.0 Å². The van der Waals surface area contributed by atoms with Crippen LogP contribution < -0.4 is 25.0 Å². The van der Waals surface area contributed by atoms with Crippen LogP contribution in [-0.4, -0.2) is 50.8 Å². The van der Waals surface area contributed by atoms with Gasteiger partial charge in [-0.05, 0) is 20.3 Å². The molecule has 0 spiro atoms. The lowest BCUT2D eigenvalue weighted by molar-refractivity contribution is 0.394. The van der Waals surface area contributed by atoms with Crippen molar-refractivity contribution < 1.29 is 9.47 Å². The average molecular weight is 531 g/mol. The number of halogens is 1. The molecule has 2 aromatic rings. The number of hydrogen-bond acceptors (Lipinski definition) is 6. The molecule has 1 aliphatic heterocycles. The van der Waals surface area contributed by atoms with Gasteiger partial charge in [-0.25, -0.2) is 9.98 Å². The molecule has 2 N–H and O–H groups in total. The van der Waals surface area contributed by atoms with Crippen LogP contribution in [0.25, 0.3) is 0 Å². The number of methoxy groups -OCH3 is 2. The Bertz CT molecular complexity index is 792. The van der Waals surface area contributed by atoms with Gasteiger partial charge >= 0.3 is 0 Å². The zero-order valence-electron chi connectivity index (χ0n) is 17.4. The van der Waals surface area contributed by atoms with Crippen LogP contribution in [0, 0.1) is 6.92 Å². The fourth-order valence-electron chi connectivity index (χ4n) is 3.22. The number of benzene rings is 1. The molecule has 0 amide bonds. The van der Waals surface area contributed by atoms with E-state index in [9.17, 15) is 0 Å². The Morgan fingerprint density at radius 1 is 1.28 bits per heavy atom. The summed E-state index contributed by atoms with van der Waals surface area (Å²) in [5.74, 6) is 2.45. The van der Waals surface area contributed by atoms with Crippen molar-refractivity contribution in [1.82, 2.24) is 15.6 Å². The fraction of sp³-hybridized carbons (Fsp3) is 0.500. The summed E-state index contributed by atoms with van der Waals surface area (Å²) in [6.45, 7) is 7.43. The van der Waals surface area contributed by atoms with Gasteiger partial charge in [0.2, 0.25) is 0 Å². The second-order valence-corrected chi connectivity index (χ2v) is 8.03. The van der Waals surface area contributed by atoms with E-state index in [-0.39, 0.29) is 24.0 Å². The van der Waals surface area contributed by atoms with Crippen LogP contribution in [0.5, 0.6) is 11.5 Å². The first-order chi connectivity index (χ1) is 13.6. The quantitative estimate of drug-likeness (QED) is 0.324. The van der Waals surface area contributed by atoms with Crippen molar-refractivity contribution >= 4 is 47.0 Å². The maximum absolute atomic E-state index is 5.40. The van der Waals surface area contributed by atoms with E-state index in [1.54, 1.807) is 25.6 Å². The molecule has 0 aliphatic carbocycles. The fourth-order valence-corrected chi connectivity index (χ4v) is 3.93. The highest BCUT2D eigenvalue weighted by atomic mass is 127. The maximum atomic E-state index is 5.40. The molecule has 160 valence electrons. The minimum Gasteiger partial charge on any atom is -0.497 e. The van der Waals surface area contributed by atoms with E-state index in [1.807, 2.05) is 12.3 Å². The predicted octanol–water partition coefficient (Wildman–Crippen LogP) is 3.42. The highest BCUT2D eigenvalue weighted by molar-refractivity contribution is 14.0. The molecule has 0 saturated carbocycles. The lowest BCUT2D eigenvalue weighted by Crippen LogP contribution is -2.44. The number of thiazole rings is 1. The molecule has 0 bridgehead atoms. The molecule has 7 nitrogen and oxygen atoms in total. The number of ether oxygens (including phenoxy) is 2. The smallest absolute Gasteiger partial charge is 0.191 e. The van der Waals surface area contributed by atoms with Gasteiger partial charge in [-0.1, -0.05) is 0 Å². The number of aliphatic imine (C=N–C) groups is 1. The molecule has 1 unspecified atom stereocenters. The third-order valence-electron chi connectivity index (χ3n) is 4.62. The molecular formula is C20H30IN5O2S. The van der Waals surface area contributed by atoms with Crippen LogP contribution in [-0.2, 0) is 6.54 Å². The zero-order valence-corrected chi connectivity index (χ0v) is 20.5. The van der Waals surface area contributed by atoms with E-state index in [2.05, 4.69) is 46.5 Å². The normalized spacial score (nSPS) is 16.3. The Balaban J connectivity index is 0.00000300. The van der Waals surface area contributed by atoms with Gasteiger partial charge in [0, 0.05) is 60.6 Å². The first-order valence-corrected chi connectivity index (χ1v) is 10.4. The molecule has 29 heavy (non-hydrogen) atoms. The van der Waals surface area contributed by atoms with E-state index < -0.39 is 0 Å². The summed E-state index contributed by atoms with van der Waals surface area (Å²) < 4.78 is 10.8. The van der Waals surface area contributed by atoms with E-state index in [0.29, 0.717) is 12.6 Å². The van der Waals surface area contributed by atoms with Gasteiger partial charge in [-0.3, -0.25) is 0 Å². The van der Waals surface area contributed by atoms with Crippen molar-refractivity contribution in [1.29, 1.82) is 0 Å². The third-order valence-corrected chi connectivity index (χ3v) is 5.51. The second kappa shape index (κ2) is 11.4. The van der Waals surface area contributed by atoms with E-state index in [4.69, 9.17) is 14.5 Å². The summed E-state index contributed by atoms with van der Waals surface area (Å²) in [6, 6.07) is 6.32. The molecule has 1 saturated heterocycles. The van der Waals surface area contributed by atoms with Crippen molar-refractivity contribution in [2.24, 2.45) is 4.99 Å². The first-order valence-electron chi connectivity index (χ1n) is 9.55. The number of hydrogen-bond donors (Lipinski definition) is 2. The van der Waals surface area contributed by atoms with Crippen LogP contribution in [0.1, 0.15) is 23.2 Å². The second-order valence-electron chi connectivity index (χ2n) is 6.71. The summed E-state index contributed by atoms with van der Waals surface area (Å²) in [4.78, 5) is 12.6. The summed E-state index contributed by atoms with van der Waals surface area (Å²) in [7, 11) is 3.35. The van der Waals surface area contributed by atoms with Crippen LogP contribution in [0.4, 0.5) is 5.69 Å². The molecule has 1 atom stereocenters. The number of rotatable bonds is 7. The summed E-state index contributed by atoms with van der Waals surface area (Å²) >= 11 is 1.69. The van der Waals surface area contributed by atoms with Crippen molar-refractivity contribution in [2.45, 2.75) is 32.9 Å². The summed E-state index contributed by atoms with van der Waals surface area (Å²) in [5.41, 5.74) is 1.11. The summed E-state index contributed by atoms with van der Waals surface area (Å²) in [6.07, 6.45) is 2.94. The zero-order chi connectivity index (χ0) is 19.9. The van der Waals surface area contributed by atoms with Crippen molar-refractivity contribution in [3.63, 3.8) is 0 Å².